The summed E-state index contributed by atoms with van der Waals surface area (Å²) >= 11 is 0. The molecule has 1 saturated heterocycles. The van der Waals surface area contributed by atoms with Crippen LogP contribution in [0.3, 0.4) is 0 Å². The van der Waals surface area contributed by atoms with Crippen molar-refractivity contribution in [2.75, 3.05) is 13.1 Å². The third kappa shape index (κ3) is 3.98. The molecule has 1 fully saturated rings. The average Bonchev–Trinajstić information content (AvgIpc) is 2.27. The van der Waals surface area contributed by atoms with Gasteiger partial charge in [-0.1, -0.05) is 6.08 Å². The minimum absolute atomic E-state index is 0.184. The summed E-state index contributed by atoms with van der Waals surface area (Å²) in [6, 6.07) is 0. The molecule has 0 bridgehead atoms. The molecule has 1 atom stereocenters. The summed E-state index contributed by atoms with van der Waals surface area (Å²) in [5.41, 5.74) is -1.49. The number of hydrogen-bond donors (Lipinski definition) is 1. The van der Waals surface area contributed by atoms with E-state index in [2.05, 4.69) is 6.58 Å². The van der Waals surface area contributed by atoms with Crippen LogP contribution in [0.2, 0.25) is 0 Å². The van der Waals surface area contributed by atoms with E-state index in [0.717, 1.165) is 0 Å². The highest BCUT2D eigenvalue weighted by molar-refractivity contribution is 5.77. The van der Waals surface area contributed by atoms with Gasteiger partial charge in [0.1, 0.15) is 5.60 Å². The van der Waals surface area contributed by atoms with Crippen molar-refractivity contribution >= 4 is 12.1 Å². The largest absolute Gasteiger partial charge is 0.481 e. The topological polar surface area (TPSA) is 66.8 Å². The van der Waals surface area contributed by atoms with Gasteiger partial charge in [-0.15, -0.1) is 6.58 Å². The zero-order chi connectivity index (χ0) is 14.7. The fraction of sp³-hybridized carbons (Fsp3) is 0.714. The summed E-state index contributed by atoms with van der Waals surface area (Å²) in [6.45, 7) is 9.72. The number of aliphatic carboxylic acids is 1. The monoisotopic (exact) mass is 269 g/mol. The second kappa shape index (κ2) is 5.63. The lowest BCUT2D eigenvalue weighted by Crippen LogP contribution is -2.50. The molecule has 0 radical (unpaired) electrons. The normalized spacial score (nSPS) is 23.8. The molecule has 1 aliphatic heterocycles. The molecule has 0 saturated carbocycles. The summed E-state index contributed by atoms with van der Waals surface area (Å²) in [5.74, 6) is -0.874. The van der Waals surface area contributed by atoms with E-state index < -0.39 is 23.1 Å². The lowest BCUT2D eigenvalue weighted by Gasteiger charge is -2.39. The number of nitrogens with zero attached hydrogens (tertiary/aromatic N) is 1. The van der Waals surface area contributed by atoms with Crippen molar-refractivity contribution in [2.45, 2.75) is 45.6 Å². The fourth-order valence-electron chi connectivity index (χ4n) is 2.32. The SMILES string of the molecule is C=CC[C@@]1(C(=O)O)CCCN(C(=O)OC(C)(C)C)C1. The number of allylic oxidation sites excluding steroid dienone is 1. The first-order valence-corrected chi connectivity index (χ1v) is 6.52. The number of rotatable bonds is 3. The lowest BCUT2D eigenvalue weighted by molar-refractivity contribution is -0.152. The molecule has 0 unspecified atom stereocenters. The van der Waals surface area contributed by atoms with Crippen LogP contribution in [0.4, 0.5) is 4.79 Å². The summed E-state index contributed by atoms with van der Waals surface area (Å²) in [7, 11) is 0. The number of carbonyl (C=O) groups is 2. The van der Waals surface area contributed by atoms with Gasteiger partial charge in [0, 0.05) is 13.1 Å². The summed E-state index contributed by atoms with van der Waals surface area (Å²) in [4.78, 5) is 25.0. The van der Waals surface area contributed by atoms with Gasteiger partial charge in [-0.3, -0.25) is 4.79 Å². The quantitative estimate of drug-likeness (QED) is 0.800. The highest BCUT2D eigenvalue weighted by Gasteiger charge is 2.43. The Kier molecular flexibility index (Phi) is 4.61. The molecule has 0 aromatic heterocycles. The van der Waals surface area contributed by atoms with E-state index in [4.69, 9.17) is 4.74 Å². The Morgan fingerprint density at radius 2 is 2.11 bits per heavy atom. The third-order valence-corrected chi connectivity index (χ3v) is 3.22. The minimum atomic E-state index is -0.920. The van der Waals surface area contributed by atoms with E-state index in [1.54, 1.807) is 26.8 Å². The van der Waals surface area contributed by atoms with E-state index in [-0.39, 0.29) is 6.54 Å². The van der Waals surface area contributed by atoms with Crippen molar-refractivity contribution in [1.82, 2.24) is 4.90 Å². The van der Waals surface area contributed by atoms with Gasteiger partial charge in [0.25, 0.3) is 0 Å². The Labute approximate surface area is 114 Å². The summed E-state index contributed by atoms with van der Waals surface area (Å²) in [6.07, 6.45) is 2.75. The van der Waals surface area contributed by atoms with Crippen molar-refractivity contribution in [3.05, 3.63) is 12.7 Å². The molecule has 1 amide bonds. The van der Waals surface area contributed by atoms with Crippen molar-refractivity contribution in [3.63, 3.8) is 0 Å². The molecule has 5 heteroatoms. The Morgan fingerprint density at radius 1 is 1.47 bits per heavy atom. The second-order valence-corrected chi connectivity index (χ2v) is 6.08. The lowest BCUT2D eigenvalue weighted by atomic mass is 9.77. The van der Waals surface area contributed by atoms with E-state index >= 15 is 0 Å². The molecule has 1 heterocycles. The molecule has 0 aromatic carbocycles. The molecule has 0 aliphatic carbocycles. The fourth-order valence-corrected chi connectivity index (χ4v) is 2.32. The van der Waals surface area contributed by atoms with Crippen molar-refractivity contribution in [2.24, 2.45) is 5.41 Å². The Balaban J connectivity index is 2.80. The first-order valence-electron chi connectivity index (χ1n) is 6.52. The zero-order valence-electron chi connectivity index (χ0n) is 11.9. The molecular formula is C14H23NO4. The number of carboxylic acids is 1. The standard InChI is InChI=1S/C14H23NO4/c1-5-7-14(11(16)17)8-6-9-15(10-14)12(18)19-13(2,3)4/h5H,1,6-10H2,2-4H3,(H,16,17)/t14-/m1/s1. The van der Waals surface area contributed by atoms with Crippen LogP contribution < -0.4 is 0 Å². The first-order chi connectivity index (χ1) is 8.70. The van der Waals surface area contributed by atoms with Gasteiger partial charge in [0.15, 0.2) is 0 Å². The van der Waals surface area contributed by atoms with Crippen LogP contribution in [0.25, 0.3) is 0 Å². The van der Waals surface area contributed by atoms with E-state index in [0.29, 0.717) is 25.8 Å². The smallest absolute Gasteiger partial charge is 0.410 e. The molecule has 1 rings (SSSR count). The van der Waals surface area contributed by atoms with Gasteiger partial charge in [0.2, 0.25) is 0 Å². The molecule has 108 valence electrons. The summed E-state index contributed by atoms with van der Waals surface area (Å²) < 4.78 is 5.30. The molecule has 0 aromatic rings. The molecule has 5 nitrogen and oxygen atoms in total. The maximum atomic E-state index is 12.0. The maximum absolute atomic E-state index is 12.0. The molecule has 19 heavy (non-hydrogen) atoms. The molecule has 0 spiro atoms. The van der Waals surface area contributed by atoms with Crippen LogP contribution >= 0.6 is 0 Å². The van der Waals surface area contributed by atoms with Gasteiger partial charge >= 0.3 is 12.1 Å². The van der Waals surface area contributed by atoms with Crippen LogP contribution in [-0.4, -0.2) is 40.8 Å². The van der Waals surface area contributed by atoms with Gasteiger partial charge < -0.3 is 14.7 Å². The van der Waals surface area contributed by atoms with Crippen molar-refractivity contribution in [1.29, 1.82) is 0 Å². The number of ether oxygens (including phenoxy) is 1. The van der Waals surface area contributed by atoms with Gasteiger partial charge in [0.05, 0.1) is 5.41 Å². The number of piperidine rings is 1. The number of hydrogen-bond acceptors (Lipinski definition) is 3. The van der Waals surface area contributed by atoms with Crippen LogP contribution in [0.15, 0.2) is 12.7 Å². The maximum Gasteiger partial charge on any atom is 0.410 e. The minimum Gasteiger partial charge on any atom is -0.481 e. The van der Waals surface area contributed by atoms with Gasteiger partial charge in [-0.2, -0.15) is 0 Å². The second-order valence-electron chi connectivity index (χ2n) is 6.08. The number of amides is 1. The Morgan fingerprint density at radius 3 is 2.58 bits per heavy atom. The van der Waals surface area contributed by atoms with Gasteiger partial charge in [-0.25, -0.2) is 4.79 Å². The molecular weight excluding hydrogens is 246 g/mol. The van der Waals surface area contributed by atoms with Crippen LogP contribution in [-0.2, 0) is 9.53 Å². The molecule has 1 aliphatic rings. The Bertz CT molecular complexity index is 372. The van der Waals surface area contributed by atoms with Crippen LogP contribution in [0.5, 0.6) is 0 Å². The zero-order valence-corrected chi connectivity index (χ0v) is 11.9. The van der Waals surface area contributed by atoms with Crippen molar-refractivity contribution in [3.8, 4) is 0 Å². The van der Waals surface area contributed by atoms with E-state index in [1.165, 1.54) is 4.90 Å². The molecule has 1 N–H and O–H groups in total. The van der Waals surface area contributed by atoms with Crippen LogP contribution in [0.1, 0.15) is 40.0 Å². The predicted octanol–water partition coefficient (Wildman–Crippen LogP) is 2.66. The third-order valence-electron chi connectivity index (χ3n) is 3.22. The van der Waals surface area contributed by atoms with Gasteiger partial charge in [-0.05, 0) is 40.0 Å². The number of carboxylic acid groups (broad SMARTS) is 1. The number of carbonyl (C=O) groups excluding carboxylic acids is 1. The van der Waals surface area contributed by atoms with Crippen LogP contribution in [0, 0.1) is 5.41 Å². The Hall–Kier alpha value is -1.52. The number of likely N-dealkylation sites (tertiary alicyclic amines) is 1. The summed E-state index contributed by atoms with van der Waals surface area (Å²) in [5, 5.41) is 9.43. The van der Waals surface area contributed by atoms with E-state index in [1.807, 2.05) is 0 Å². The highest BCUT2D eigenvalue weighted by Crippen LogP contribution is 2.34. The van der Waals surface area contributed by atoms with E-state index in [9.17, 15) is 14.7 Å². The average molecular weight is 269 g/mol. The highest BCUT2D eigenvalue weighted by atomic mass is 16.6. The first kappa shape index (κ1) is 15.5. The van der Waals surface area contributed by atoms with Crippen molar-refractivity contribution < 1.29 is 19.4 Å². The predicted molar refractivity (Wildman–Crippen MR) is 71.9 cm³/mol.